The van der Waals surface area contributed by atoms with Gasteiger partial charge in [0.1, 0.15) is 0 Å². The number of amides is 1. The van der Waals surface area contributed by atoms with Crippen molar-refractivity contribution in [1.29, 1.82) is 0 Å². The van der Waals surface area contributed by atoms with Gasteiger partial charge in [0.05, 0.1) is 15.7 Å². The van der Waals surface area contributed by atoms with Crippen molar-refractivity contribution in [2.75, 3.05) is 38.5 Å². The lowest BCUT2D eigenvalue weighted by molar-refractivity contribution is -0.116. The predicted molar refractivity (Wildman–Crippen MR) is 92.8 cm³/mol. The summed E-state index contributed by atoms with van der Waals surface area (Å²) in [6.07, 6.45) is 2.91. The van der Waals surface area contributed by atoms with Crippen LogP contribution in [-0.2, 0) is 4.79 Å². The Hall–Kier alpha value is -0.810. The molecule has 1 aromatic carbocycles. The second-order valence-corrected chi connectivity index (χ2v) is 6.58. The van der Waals surface area contributed by atoms with Crippen LogP contribution in [0.5, 0.6) is 0 Å². The fraction of sp³-hybridized carbons (Fsp3) is 0.562. The first-order chi connectivity index (χ1) is 10.6. The molecule has 0 bridgehead atoms. The molecule has 1 amide bonds. The topological polar surface area (TPSA) is 44.4 Å². The summed E-state index contributed by atoms with van der Waals surface area (Å²) >= 11 is 12.1. The maximum atomic E-state index is 12.1. The summed E-state index contributed by atoms with van der Waals surface area (Å²) < 4.78 is 0. The number of nitrogens with one attached hydrogen (secondary N) is 2. The van der Waals surface area contributed by atoms with Crippen LogP contribution in [0.4, 0.5) is 5.69 Å². The minimum absolute atomic E-state index is 0.0502. The van der Waals surface area contributed by atoms with Gasteiger partial charge in [0, 0.05) is 19.5 Å². The zero-order chi connectivity index (χ0) is 15.9. The number of halogens is 2. The van der Waals surface area contributed by atoms with E-state index in [0.717, 1.165) is 26.2 Å². The van der Waals surface area contributed by atoms with E-state index >= 15 is 0 Å². The maximum Gasteiger partial charge on any atom is 0.225 e. The van der Waals surface area contributed by atoms with E-state index in [1.165, 1.54) is 12.8 Å². The maximum absolute atomic E-state index is 12.1. The highest BCUT2D eigenvalue weighted by atomic mass is 35.5. The molecule has 2 rings (SSSR count). The minimum atomic E-state index is -0.0502. The van der Waals surface area contributed by atoms with Gasteiger partial charge in [-0.25, -0.2) is 0 Å². The molecule has 0 spiro atoms. The molecule has 2 N–H and O–H groups in total. The summed E-state index contributed by atoms with van der Waals surface area (Å²) in [7, 11) is 1.99. The molecule has 0 aliphatic carbocycles. The smallest absolute Gasteiger partial charge is 0.225 e. The van der Waals surface area contributed by atoms with Crippen molar-refractivity contribution in [3.63, 3.8) is 0 Å². The second kappa shape index (κ2) is 8.73. The monoisotopic (exact) mass is 343 g/mol. The van der Waals surface area contributed by atoms with E-state index in [-0.39, 0.29) is 5.91 Å². The molecule has 1 aliphatic heterocycles. The molecule has 0 radical (unpaired) electrons. The molecule has 0 saturated carbocycles. The van der Waals surface area contributed by atoms with Crippen LogP contribution < -0.4 is 10.6 Å². The first-order valence-electron chi connectivity index (χ1n) is 7.71. The molecule has 1 atom stereocenters. The quantitative estimate of drug-likeness (QED) is 0.833. The Bertz CT molecular complexity index is 488. The molecule has 1 fully saturated rings. The van der Waals surface area contributed by atoms with Gasteiger partial charge >= 0.3 is 0 Å². The fourth-order valence-electron chi connectivity index (χ4n) is 2.89. The number of carbonyl (C=O) groups excluding carboxylic acids is 1. The Kier molecular flexibility index (Phi) is 6.96. The number of rotatable bonds is 6. The average Bonchev–Trinajstić information content (AvgIpc) is 2.50. The number of hydrogen-bond donors (Lipinski definition) is 2. The minimum Gasteiger partial charge on any atom is -0.324 e. The third-order valence-electron chi connectivity index (χ3n) is 3.98. The number of nitrogens with zero attached hydrogens (tertiary/aromatic N) is 1. The largest absolute Gasteiger partial charge is 0.324 e. The van der Waals surface area contributed by atoms with E-state index in [2.05, 4.69) is 15.5 Å². The number of benzene rings is 1. The molecular formula is C16H23Cl2N3O. The molecule has 1 aromatic rings. The molecular weight excluding hydrogens is 321 g/mol. The number of para-hydroxylation sites is 1. The van der Waals surface area contributed by atoms with Gasteiger partial charge in [0.25, 0.3) is 0 Å². The Morgan fingerprint density at radius 1 is 1.36 bits per heavy atom. The summed E-state index contributed by atoms with van der Waals surface area (Å²) in [5, 5.41) is 6.98. The fourth-order valence-corrected chi connectivity index (χ4v) is 3.38. The molecule has 0 aromatic heterocycles. The Labute approximate surface area is 142 Å². The lowest BCUT2D eigenvalue weighted by Gasteiger charge is -2.32. The summed E-state index contributed by atoms with van der Waals surface area (Å²) in [5.41, 5.74) is 0.502. The van der Waals surface area contributed by atoms with E-state index in [9.17, 15) is 4.79 Å². The van der Waals surface area contributed by atoms with Crippen LogP contribution in [0.2, 0.25) is 10.0 Å². The van der Waals surface area contributed by atoms with Crippen LogP contribution in [0.3, 0.4) is 0 Å². The highest BCUT2D eigenvalue weighted by Crippen LogP contribution is 2.29. The van der Waals surface area contributed by atoms with Gasteiger partial charge < -0.3 is 15.5 Å². The van der Waals surface area contributed by atoms with Crippen molar-refractivity contribution in [3.05, 3.63) is 28.2 Å². The van der Waals surface area contributed by atoms with Crippen molar-refractivity contribution in [2.45, 2.75) is 19.3 Å². The molecule has 6 heteroatoms. The molecule has 1 unspecified atom stereocenters. The third-order valence-corrected chi connectivity index (χ3v) is 4.61. The van der Waals surface area contributed by atoms with Crippen LogP contribution in [0, 0.1) is 5.92 Å². The van der Waals surface area contributed by atoms with Gasteiger partial charge in [-0.05, 0) is 51.0 Å². The van der Waals surface area contributed by atoms with Gasteiger partial charge in [-0.3, -0.25) is 4.79 Å². The molecule has 1 aliphatic rings. The van der Waals surface area contributed by atoms with Crippen LogP contribution in [-0.4, -0.2) is 44.0 Å². The number of anilines is 1. The van der Waals surface area contributed by atoms with Gasteiger partial charge in [-0.1, -0.05) is 29.3 Å². The molecule has 1 heterocycles. The van der Waals surface area contributed by atoms with Crippen molar-refractivity contribution in [1.82, 2.24) is 10.2 Å². The molecule has 122 valence electrons. The van der Waals surface area contributed by atoms with E-state index in [1.54, 1.807) is 18.2 Å². The lowest BCUT2D eigenvalue weighted by Crippen LogP contribution is -2.40. The van der Waals surface area contributed by atoms with Gasteiger partial charge in [0.2, 0.25) is 5.91 Å². The van der Waals surface area contributed by atoms with E-state index < -0.39 is 0 Å². The molecule has 22 heavy (non-hydrogen) atoms. The zero-order valence-electron chi connectivity index (χ0n) is 12.9. The second-order valence-electron chi connectivity index (χ2n) is 5.76. The Balaban J connectivity index is 1.80. The van der Waals surface area contributed by atoms with Gasteiger partial charge in [-0.2, -0.15) is 0 Å². The summed E-state index contributed by atoms with van der Waals surface area (Å²) in [6.45, 7) is 3.94. The Morgan fingerprint density at radius 2 is 2.09 bits per heavy atom. The highest BCUT2D eigenvalue weighted by molar-refractivity contribution is 6.39. The van der Waals surface area contributed by atoms with Crippen LogP contribution >= 0.6 is 23.2 Å². The SMILES string of the molecule is CNCC1CCCN(CCC(=O)Nc2c(Cl)cccc2Cl)C1. The standard InChI is InChI=1S/C16H23Cl2N3O/c1-19-10-12-4-3-8-21(11-12)9-7-15(22)20-16-13(17)5-2-6-14(16)18/h2,5-6,12,19H,3-4,7-11H2,1H3,(H,20,22). The first kappa shape index (κ1) is 17.5. The van der Waals surface area contributed by atoms with E-state index in [4.69, 9.17) is 23.2 Å². The van der Waals surface area contributed by atoms with Crippen molar-refractivity contribution in [3.8, 4) is 0 Å². The van der Waals surface area contributed by atoms with Gasteiger partial charge in [0.15, 0.2) is 0 Å². The van der Waals surface area contributed by atoms with Crippen LogP contribution in [0.25, 0.3) is 0 Å². The highest BCUT2D eigenvalue weighted by Gasteiger charge is 2.20. The average molecular weight is 344 g/mol. The lowest BCUT2D eigenvalue weighted by atomic mass is 9.98. The first-order valence-corrected chi connectivity index (χ1v) is 8.46. The van der Waals surface area contributed by atoms with E-state index in [0.29, 0.717) is 28.1 Å². The van der Waals surface area contributed by atoms with E-state index in [1.807, 2.05) is 7.05 Å². The summed E-state index contributed by atoms with van der Waals surface area (Å²) in [4.78, 5) is 14.5. The zero-order valence-corrected chi connectivity index (χ0v) is 14.4. The van der Waals surface area contributed by atoms with Crippen LogP contribution in [0.1, 0.15) is 19.3 Å². The van der Waals surface area contributed by atoms with Crippen molar-refractivity contribution >= 4 is 34.8 Å². The molecule has 1 saturated heterocycles. The Morgan fingerprint density at radius 3 is 2.77 bits per heavy atom. The normalized spacial score (nSPS) is 19.1. The number of likely N-dealkylation sites (tertiary alicyclic amines) is 1. The van der Waals surface area contributed by atoms with Gasteiger partial charge in [-0.15, -0.1) is 0 Å². The van der Waals surface area contributed by atoms with Crippen molar-refractivity contribution < 1.29 is 4.79 Å². The number of piperidine rings is 1. The predicted octanol–water partition coefficient (Wildman–Crippen LogP) is 3.25. The van der Waals surface area contributed by atoms with Crippen molar-refractivity contribution in [2.24, 2.45) is 5.92 Å². The van der Waals surface area contributed by atoms with Crippen LogP contribution in [0.15, 0.2) is 18.2 Å². The summed E-state index contributed by atoms with van der Waals surface area (Å²) in [6, 6.07) is 5.20. The third kappa shape index (κ3) is 5.13. The molecule has 4 nitrogen and oxygen atoms in total. The number of hydrogen-bond acceptors (Lipinski definition) is 3. The number of carbonyl (C=O) groups is 1. The summed E-state index contributed by atoms with van der Waals surface area (Å²) in [5.74, 6) is 0.630.